The largest absolute Gasteiger partial charge is 0.482 e. The van der Waals surface area contributed by atoms with E-state index < -0.39 is 34.8 Å². The van der Waals surface area contributed by atoms with E-state index in [2.05, 4.69) is 5.10 Å². The van der Waals surface area contributed by atoms with E-state index in [1.54, 1.807) is 12.1 Å². The van der Waals surface area contributed by atoms with Crippen molar-refractivity contribution >= 4 is 9.84 Å². The first kappa shape index (κ1) is 23.5. The fourth-order valence-corrected chi connectivity index (χ4v) is 3.49. The zero-order chi connectivity index (χ0) is 23.5. The molecule has 0 unspecified atom stereocenters. The molecule has 3 aromatic rings. The van der Waals surface area contributed by atoms with Gasteiger partial charge in [-0.2, -0.15) is 18.3 Å². The molecule has 11 heteroatoms. The summed E-state index contributed by atoms with van der Waals surface area (Å²) in [7, 11) is -3.46. The lowest BCUT2D eigenvalue weighted by Gasteiger charge is -2.15. The Kier molecular flexibility index (Phi) is 6.68. The summed E-state index contributed by atoms with van der Waals surface area (Å²) in [5, 5.41) is 3.59. The van der Waals surface area contributed by atoms with Gasteiger partial charge in [0.15, 0.2) is 15.6 Å². The average molecular weight is 470 g/mol. The number of ether oxygens (including phenoxy) is 1. The van der Waals surface area contributed by atoms with Gasteiger partial charge in [-0.1, -0.05) is 36.4 Å². The molecule has 3 rings (SSSR count). The van der Waals surface area contributed by atoms with Crippen LogP contribution in [0.1, 0.15) is 11.1 Å². The van der Waals surface area contributed by atoms with Crippen molar-refractivity contribution in [3.8, 4) is 16.9 Å². The zero-order valence-electron chi connectivity index (χ0n) is 16.8. The van der Waals surface area contributed by atoms with Gasteiger partial charge in [-0.25, -0.2) is 17.5 Å². The molecule has 0 atom stereocenters. The highest BCUT2D eigenvalue weighted by atomic mass is 32.2. The van der Waals surface area contributed by atoms with E-state index in [4.69, 9.17) is 4.74 Å². The monoisotopic (exact) mass is 470 g/mol. The summed E-state index contributed by atoms with van der Waals surface area (Å²) >= 11 is 0. The fraction of sp³-hybridized carbons (Fsp3) is 0.238. The number of nitrogens with zero attached hydrogens (tertiary/aromatic N) is 2. The number of aromatic nitrogens is 2. The minimum atomic E-state index is -4.67. The van der Waals surface area contributed by atoms with Crippen LogP contribution >= 0.6 is 0 Å². The smallest absolute Gasteiger partial charge is 0.408 e. The number of rotatable bonds is 7. The van der Waals surface area contributed by atoms with E-state index in [9.17, 15) is 30.8 Å². The minimum absolute atomic E-state index is 0.0371. The van der Waals surface area contributed by atoms with E-state index in [-0.39, 0.29) is 27.5 Å². The summed E-state index contributed by atoms with van der Waals surface area (Å²) in [6, 6.07) is 11.6. The highest BCUT2D eigenvalue weighted by Crippen LogP contribution is 2.28. The van der Waals surface area contributed by atoms with E-state index in [1.165, 1.54) is 36.4 Å². The third-order valence-corrected chi connectivity index (χ3v) is 5.61. The first-order chi connectivity index (χ1) is 15.0. The van der Waals surface area contributed by atoms with E-state index >= 15 is 0 Å². The van der Waals surface area contributed by atoms with Gasteiger partial charge in [0, 0.05) is 11.8 Å². The SMILES string of the molecule is CS(=O)(=O)c1ccc(-c2cnn(CC(F)(F)F)c(=O)c2OCc2ccc(CF)cc2)cc1. The van der Waals surface area contributed by atoms with Crippen LogP contribution in [0.15, 0.2) is 64.4 Å². The lowest BCUT2D eigenvalue weighted by atomic mass is 10.1. The van der Waals surface area contributed by atoms with Gasteiger partial charge in [0.1, 0.15) is 19.8 Å². The van der Waals surface area contributed by atoms with Crippen LogP contribution in [0.25, 0.3) is 11.1 Å². The molecule has 0 aliphatic carbocycles. The lowest BCUT2D eigenvalue weighted by molar-refractivity contribution is -0.143. The Morgan fingerprint density at radius 1 is 1.00 bits per heavy atom. The number of alkyl halides is 4. The molecule has 170 valence electrons. The Balaban J connectivity index is 2.01. The summed E-state index contributed by atoms with van der Waals surface area (Å²) < 4.78 is 80.3. The highest BCUT2D eigenvalue weighted by Gasteiger charge is 2.30. The van der Waals surface area contributed by atoms with Crippen molar-refractivity contribution in [3.63, 3.8) is 0 Å². The van der Waals surface area contributed by atoms with Crippen molar-refractivity contribution in [2.75, 3.05) is 6.26 Å². The van der Waals surface area contributed by atoms with Crippen molar-refractivity contribution in [2.45, 2.75) is 30.9 Å². The van der Waals surface area contributed by atoms with Gasteiger partial charge < -0.3 is 4.74 Å². The Hall–Kier alpha value is -3.21. The van der Waals surface area contributed by atoms with E-state index in [1.807, 2.05) is 0 Å². The first-order valence-corrected chi connectivity index (χ1v) is 11.1. The zero-order valence-corrected chi connectivity index (χ0v) is 17.6. The number of hydrogen-bond acceptors (Lipinski definition) is 5. The summed E-state index contributed by atoms with van der Waals surface area (Å²) in [4.78, 5) is 12.8. The molecule has 0 aliphatic heterocycles. The molecular weight excluding hydrogens is 452 g/mol. The summed E-state index contributed by atoms with van der Waals surface area (Å²) in [6.45, 7) is -2.41. The lowest BCUT2D eigenvalue weighted by Crippen LogP contribution is -2.31. The molecule has 0 radical (unpaired) electrons. The van der Waals surface area contributed by atoms with Crippen LogP contribution in [0.5, 0.6) is 5.75 Å². The number of sulfone groups is 1. The van der Waals surface area contributed by atoms with Crippen LogP contribution in [0.2, 0.25) is 0 Å². The van der Waals surface area contributed by atoms with Crippen molar-refractivity contribution in [3.05, 3.63) is 76.2 Å². The molecule has 0 aliphatic rings. The maximum atomic E-state index is 12.8. The minimum Gasteiger partial charge on any atom is -0.482 e. The third-order valence-electron chi connectivity index (χ3n) is 4.48. The maximum Gasteiger partial charge on any atom is 0.408 e. The summed E-state index contributed by atoms with van der Waals surface area (Å²) in [5.74, 6) is -0.370. The second-order valence-corrected chi connectivity index (χ2v) is 9.02. The van der Waals surface area contributed by atoms with Crippen molar-refractivity contribution in [1.29, 1.82) is 0 Å². The van der Waals surface area contributed by atoms with Gasteiger partial charge in [-0.15, -0.1) is 0 Å². The molecule has 0 N–H and O–H groups in total. The second-order valence-electron chi connectivity index (χ2n) is 7.00. The molecule has 1 heterocycles. The predicted molar refractivity (Wildman–Crippen MR) is 109 cm³/mol. The van der Waals surface area contributed by atoms with Crippen LogP contribution in [-0.2, 0) is 29.7 Å². The molecular formula is C21H18F4N2O4S. The van der Waals surface area contributed by atoms with Gasteiger partial charge in [0.2, 0.25) is 0 Å². The Morgan fingerprint density at radius 2 is 1.59 bits per heavy atom. The number of hydrogen-bond donors (Lipinski definition) is 0. The molecule has 0 fully saturated rings. The number of benzene rings is 2. The normalized spacial score (nSPS) is 12.0. The van der Waals surface area contributed by atoms with Gasteiger partial charge in [-0.05, 0) is 28.8 Å². The highest BCUT2D eigenvalue weighted by molar-refractivity contribution is 7.90. The third kappa shape index (κ3) is 5.72. The van der Waals surface area contributed by atoms with Crippen molar-refractivity contribution in [1.82, 2.24) is 9.78 Å². The molecule has 0 saturated carbocycles. The van der Waals surface area contributed by atoms with Crippen LogP contribution in [-0.4, -0.2) is 30.6 Å². The first-order valence-electron chi connectivity index (χ1n) is 9.22. The van der Waals surface area contributed by atoms with Crippen molar-refractivity contribution < 1.29 is 30.7 Å². The van der Waals surface area contributed by atoms with Crippen LogP contribution in [0.3, 0.4) is 0 Å². The Labute approximate surface area is 181 Å². The van der Waals surface area contributed by atoms with E-state index in [0.29, 0.717) is 16.7 Å². The standard InChI is InChI=1S/C21H18F4N2O4S/c1-32(29,30)17-8-6-16(7-9-17)18-11-26-27(13-21(23,24)25)20(28)19(18)31-12-15-4-2-14(10-22)3-5-15/h2-9,11H,10,12-13H2,1H3. The van der Waals surface area contributed by atoms with Crippen molar-refractivity contribution in [2.24, 2.45) is 0 Å². The molecule has 0 bridgehead atoms. The van der Waals surface area contributed by atoms with Crippen LogP contribution in [0, 0.1) is 0 Å². The molecule has 0 spiro atoms. The van der Waals surface area contributed by atoms with Gasteiger partial charge in [0.05, 0.1) is 11.1 Å². The van der Waals surface area contributed by atoms with Crippen LogP contribution in [0.4, 0.5) is 17.6 Å². The van der Waals surface area contributed by atoms with Gasteiger partial charge >= 0.3 is 11.7 Å². The Morgan fingerprint density at radius 3 is 2.12 bits per heavy atom. The maximum absolute atomic E-state index is 12.8. The second kappa shape index (κ2) is 9.11. The molecule has 6 nitrogen and oxygen atoms in total. The molecule has 32 heavy (non-hydrogen) atoms. The topological polar surface area (TPSA) is 78.3 Å². The van der Waals surface area contributed by atoms with Crippen LogP contribution < -0.4 is 10.3 Å². The average Bonchev–Trinajstić information content (AvgIpc) is 2.73. The van der Waals surface area contributed by atoms with Gasteiger partial charge in [0.25, 0.3) is 0 Å². The van der Waals surface area contributed by atoms with E-state index in [0.717, 1.165) is 12.5 Å². The van der Waals surface area contributed by atoms with Gasteiger partial charge in [-0.3, -0.25) is 4.79 Å². The summed E-state index contributed by atoms with van der Waals surface area (Å²) in [6.07, 6.45) is -2.58. The summed E-state index contributed by atoms with van der Waals surface area (Å²) in [5.41, 5.74) is 0.362. The molecule has 2 aromatic carbocycles. The quantitative estimate of drug-likeness (QED) is 0.489. The molecule has 0 saturated heterocycles. The number of halogens is 4. The molecule has 1 aromatic heterocycles. The predicted octanol–water partition coefficient (Wildman–Crippen LogP) is 3.92. The fourth-order valence-electron chi connectivity index (χ4n) is 2.86. The Bertz CT molecular complexity index is 1250. The molecule has 0 amide bonds.